The predicted molar refractivity (Wildman–Crippen MR) is 124 cm³/mol. The lowest BCUT2D eigenvalue weighted by Gasteiger charge is -2.34. The fraction of sp³-hybridized carbons (Fsp3) is 0.182. The number of nitrogens with two attached hydrogens (primary N) is 1. The summed E-state index contributed by atoms with van der Waals surface area (Å²) >= 11 is 0. The van der Waals surface area contributed by atoms with Crippen molar-refractivity contribution in [3.05, 3.63) is 54.7 Å². The molecule has 3 heterocycles. The Morgan fingerprint density at radius 1 is 1.24 bits per heavy atom. The number of ether oxygens (including phenoxy) is 1. The normalized spacial score (nSPS) is 17.1. The van der Waals surface area contributed by atoms with E-state index in [1.807, 2.05) is 18.2 Å². The minimum absolute atomic E-state index is 0. The van der Waals surface area contributed by atoms with Gasteiger partial charge in [0.1, 0.15) is 0 Å². The summed E-state index contributed by atoms with van der Waals surface area (Å²) in [7, 11) is 0. The lowest BCUT2D eigenvalue weighted by Crippen LogP contribution is -2.55. The Morgan fingerprint density at radius 3 is 2.94 bits per heavy atom. The SMILES string of the molecule is Cl.Nc1noc2cc(NC(=O)[C@H](O)[C@H]3OCCN(c4ccc5cccnc5c4)C3=O)ccc12. The van der Waals surface area contributed by atoms with E-state index in [2.05, 4.69) is 15.5 Å². The van der Waals surface area contributed by atoms with Gasteiger partial charge in [-0.3, -0.25) is 14.6 Å². The van der Waals surface area contributed by atoms with Crippen LogP contribution in [0, 0.1) is 0 Å². The molecule has 10 nitrogen and oxygen atoms in total. The fourth-order valence-corrected chi connectivity index (χ4v) is 3.70. The molecule has 5 rings (SSSR count). The van der Waals surface area contributed by atoms with Crippen LogP contribution in [0.1, 0.15) is 0 Å². The third-order valence-corrected chi connectivity index (χ3v) is 5.35. The van der Waals surface area contributed by atoms with Crippen molar-refractivity contribution in [2.75, 3.05) is 29.1 Å². The smallest absolute Gasteiger partial charge is 0.259 e. The second kappa shape index (κ2) is 9.02. The number of carbonyl (C=O) groups excluding carboxylic acids is 2. The molecular formula is C22H20ClN5O5. The van der Waals surface area contributed by atoms with Crippen LogP contribution in [0.4, 0.5) is 17.2 Å². The van der Waals surface area contributed by atoms with Crippen molar-refractivity contribution in [1.29, 1.82) is 0 Å². The minimum Gasteiger partial charge on any atom is -0.380 e. The van der Waals surface area contributed by atoms with Gasteiger partial charge in [0.25, 0.3) is 11.8 Å². The molecule has 1 saturated heterocycles. The van der Waals surface area contributed by atoms with Gasteiger partial charge in [-0.15, -0.1) is 12.4 Å². The number of halogens is 1. The predicted octanol–water partition coefficient (Wildman–Crippen LogP) is 2.11. The van der Waals surface area contributed by atoms with Crippen LogP contribution in [0.3, 0.4) is 0 Å². The zero-order valence-corrected chi connectivity index (χ0v) is 18.0. The molecule has 0 saturated carbocycles. The van der Waals surface area contributed by atoms with E-state index < -0.39 is 24.0 Å². The number of anilines is 3. The van der Waals surface area contributed by atoms with Crippen molar-refractivity contribution < 1.29 is 24.0 Å². The van der Waals surface area contributed by atoms with Crippen LogP contribution in [0.25, 0.3) is 21.9 Å². The molecular weight excluding hydrogens is 450 g/mol. The quantitative estimate of drug-likeness (QED) is 0.412. The number of aromatic nitrogens is 2. The molecule has 170 valence electrons. The number of hydrogen-bond acceptors (Lipinski definition) is 8. The highest BCUT2D eigenvalue weighted by Crippen LogP contribution is 2.26. The summed E-state index contributed by atoms with van der Waals surface area (Å²) < 4.78 is 10.5. The van der Waals surface area contributed by atoms with Crippen LogP contribution < -0.4 is 16.0 Å². The highest BCUT2D eigenvalue weighted by Gasteiger charge is 2.39. The van der Waals surface area contributed by atoms with E-state index in [0.29, 0.717) is 28.9 Å². The van der Waals surface area contributed by atoms with Gasteiger partial charge in [0, 0.05) is 35.6 Å². The average Bonchev–Trinajstić information content (AvgIpc) is 3.18. The fourth-order valence-electron chi connectivity index (χ4n) is 3.70. The molecule has 0 aliphatic carbocycles. The summed E-state index contributed by atoms with van der Waals surface area (Å²) in [6.45, 7) is 0.468. The molecule has 33 heavy (non-hydrogen) atoms. The number of hydrogen-bond donors (Lipinski definition) is 3. The largest absolute Gasteiger partial charge is 0.380 e. The number of nitrogen functional groups attached to an aromatic ring is 1. The van der Waals surface area contributed by atoms with Crippen molar-refractivity contribution in [3.63, 3.8) is 0 Å². The van der Waals surface area contributed by atoms with Crippen LogP contribution >= 0.6 is 12.4 Å². The van der Waals surface area contributed by atoms with Gasteiger partial charge < -0.3 is 30.3 Å². The molecule has 2 aromatic heterocycles. The first-order valence-corrected chi connectivity index (χ1v) is 9.93. The van der Waals surface area contributed by atoms with Crippen molar-refractivity contribution in [3.8, 4) is 0 Å². The highest BCUT2D eigenvalue weighted by molar-refractivity contribution is 6.05. The topological polar surface area (TPSA) is 144 Å². The Balaban J connectivity index is 0.00000259. The summed E-state index contributed by atoms with van der Waals surface area (Å²) in [5.74, 6) is -1.05. The van der Waals surface area contributed by atoms with Gasteiger partial charge in [0.05, 0.1) is 17.5 Å². The van der Waals surface area contributed by atoms with Gasteiger partial charge in [-0.2, -0.15) is 0 Å². The monoisotopic (exact) mass is 469 g/mol. The second-order valence-corrected chi connectivity index (χ2v) is 7.37. The number of benzene rings is 2. The molecule has 11 heteroatoms. The van der Waals surface area contributed by atoms with Crippen LogP contribution in [0.2, 0.25) is 0 Å². The number of amides is 2. The third kappa shape index (κ3) is 4.19. The van der Waals surface area contributed by atoms with Gasteiger partial charge in [0.15, 0.2) is 23.6 Å². The zero-order valence-electron chi connectivity index (χ0n) is 17.2. The lowest BCUT2D eigenvalue weighted by molar-refractivity contribution is -0.150. The van der Waals surface area contributed by atoms with E-state index in [4.69, 9.17) is 15.0 Å². The number of aliphatic hydroxyl groups is 1. The van der Waals surface area contributed by atoms with E-state index in [0.717, 1.165) is 10.9 Å². The molecule has 4 N–H and O–H groups in total. The Labute approximate surface area is 193 Å². The van der Waals surface area contributed by atoms with Gasteiger partial charge in [-0.1, -0.05) is 17.3 Å². The molecule has 2 aromatic carbocycles. The summed E-state index contributed by atoms with van der Waals surface area (Å²) in [5, 5.41) is 18.3. The zero-order chi connectivity index (χ0) is 22.2. The number of fused-ring (bicyclic) bond motifs is 2. The molecule has 0 unspecified atom stereocenters. The Bertz CT molecular complexity index is 1340. The van der Waals surface area contributed by atoms with E-state index in [9.17, 15) is 14.7 Å². The Morgan fingerprint density at radius 2 is 2.09 bits per heavy atom. The second-order valence-electron chi connectivity index (χ2n) is 7.37. The molecule has 2 amide bonds. The summed E-state index contributed by atoms with van der Waals surface area (Å²) in [6, 6.07) is 14.0. The van der Waals surface area contributed by atoms with Crippen molar-refractivity contribution in [2.45, 2.75) is 12.2 Å². The Kier molecular flexibility index (Phi) is 6.14. The number of rotatable bonds is 4. The molecule has 0 spiro atoms. The minimum atomic E-state index is -1.71. The standard InChI is InChI=1S/C22H19N5O5.ClH/c23-20-15-6-4-13(10-17(15)32-26-20)25-21(29)18(28)19-22(30)27(8-9-31-19)14-5-3-12-2-1-7-24-16(12)11-14;/h1-7,10-11,18-19,28H,8-9H2,(H2,23,26)(H,25,29);1H/t18-,19-;/m1./s1. The van der Waals surface area contributed by atoms with Gasteiger partial charge in [0.2, 0.25) is 0 Å². The number of carbonyl (C=O) groups is 2. The van der Waals surface area contributed by atoms with Crippen LogP contribution in [-0.2, 0) is 14.3 Å². The van der Waals surface area contributed by atoms with Crippen LogP contribution in [0.5, 0.6) is 0 Å². The number of morpholine rings is 1. The van der Waals surface area contributed by atoms with Gasteiger partial charge in [-0.05, 0) is 30.3 Å². The molecule has 0 radical (unpaired) electrons. The summed E-state index contributed by atoms with van der Waals surface area (Å²) in [5.41, 5.74) is 7.79. The van der Waals surface area contributed by atoms with E-state index >= 15 is 0 Å². The number of nitrogens with zero attached hydrogens (tertiary/aromatic N) is 3. The van der Waals surface area contributed by atoms with Crippen molar-refractivity contribution in [1.82, 2.24) is 10.1 Å². The highest BCUT2D eigenvalue weighted by atomic mass is 35.5. The van der Waals surface area contributed by atoms with Crippen molar-refractivity contribution in [2.24, 2.45) is 0 Å². The third-order valence-electron chi connectivity index (χ3n) is 5.35. The first-order chi connectivity index (χ1) is 15.5. The first kappa shape index (κ1) is 22.5. The molecule has 1 aliphatic heterocycles. The number of aliphatic hydroxyl groups excluding tert-OH is 1. The van der Waals surface area contributed by atoms with E-state index in [1.165, 1.54) is 11.0 Å². The first-order valence-electron chi connectivity index (χ1n) is 9.93. The average molecular weight is 470 g/mol. The summed E-state index contributed by atoms with van der Waals surface area (Å²) in [6.07, 6.45) is -1.37. The lowest BCUT2D eigenvalue weighted by atomic mass is 10.1. The van der Waals surface area contributed by atoms with Gasteiger partial charge in [-0.25, -0.2) is 0 Å². The molecule has 1 aliphatic rings. The molecule has 1 fully saturated rings. The van der Waals surface area contributed by atoms with E-state index in [-0.39, 0.29) is 24.8 Å². The van der Waals surface area contributed by atoms with Gasteiger partial charge >= 0.3 is 0 Å². The molecule has 0 bridgehead atoms. The number of pyridine rings is 1. The molecule has 4 aromatic rings. The van der Waals surface area contributed by atoms with Crippen LogP contribution in [0.15, 0.2) is 59.3 Å². The number of nitrogens with one attached hydrogen (secondary N) is 1. The maximum absolute atomic E-state index is 13.0. The van der Waals surface area contributed by atoms with E-state index in [1.54, 1.807) is 30.5 Å². The maximum Gasteiger partial charge on any atom is 0.259 e. The van der Waals surface area contributed by atoms with Crippen LogP contribution in [-0.4, -0.2) is 52.4 Å². The maximum atomic E-state index is 13.0. The summed E-state index contributed by atoms with van der Waals surface area (Å²) in [4.78, 5) is 31.5. The van der Waals surface area contributed by atoms with Crippen molar-refractivity contribution >= 4 is 63.3 Å². The molecule has 2 atom stereocenters. The Hall–Kier alpha value is -3.73.